The zero-order chi connectivity index (χ0) is 15.9. The normalized spacial score (nSPS) is 23.3. The predicted octanol–water partition coefficient (Wildman–Crippen LogP) is 5.79. The van der Waals surface area contributed by atoms with Gasteiger partial charge in [-0.05, 0) is 49.1 Å². The second-order valence-electron chi connectivity index (χ2n) is 5.80. The fourth-order valence-electron chi connectivity index (χ4n) is 2.81. The Hall–Kier alpha value is -2.06. The lowest BCUT2D eigenvalue weighted by molar-refractivity contribution is 0.532. The van der Waals surface area contributed by atoms with Crippen LogP contribution in [0.15, 0.2) is 77.4 Å². The molecule has 2 nitrogen and oxygen atoms in total. The van der Waals surface area contributed by atoms with Gasteiger partial charge < -0.3 is 5.32 Å². The molecular formula is C20H21ClN2. The van der Waals surface area contributed by atoms with E-state index in [9.17, 15) is 0 Å². The average molecular weight is 325 g/mol. The molecule has 3 rings (SSSR count). The first-order valence-corrected chi connectivity index (χ1v) is 8.50. The predicted molar refractivity (Wildman–Crippen MR) is 99.7 cm³/mol. The number of nitrogens with one attached hydrogen (secondary N) is 1. The molecule has 1 aliphatic carbocycles. The number of rotatable bonds is 4. The molecule has 2 unspecified atom stereocenters. The summed E-state index contributed by atoms with van der Waals surface area (Å²) in [5, 5.41) is 3.36. The summed E-state index contributed by atoms with van der Waals surface area (Å²) >= 11 is 6.68. The van der Waals surface area contributed by atoms with Gasteiger partial charge in [-0.2, -0.15) is 0 Å². The Morgan fingerprint density at radius 3 is 2.43 bits per heavy atom. The van der Waals surface area contributed by atoms with Gasteiger partial charge in [-0.3, -0.25) is 4.99 Å². The zero-order valence-corrected chi connectivity index (χ0v) is 13.8. The van der Waals surface area contributed by atoms with Crippen LogP contribution < -0.4 is 5.32 Å². The Bertz CT molecular complexity index is 665. The molecule has 0 saturated heterocycles. The van der Waals surface area contributed by atoms with E-state index in [1.54, 1.807) is 0 Å². The number of hydrogen-bond donors (Lipinski definition) is 1. The first-order chi connectivity index (χ1) is 11.3. The fourth-order valence-corrected chi connectivity index (χ4v) is 3.17. The average Bonchev–Trinajstić information content (AvgIpc) is 2.61. The molecule has 2 aromatic carbocycles. The largest absolute Gasteiger partial charge is 0.362 e. The van der Waals surface area contributed by atoms with Crippen LogP contribution in [-0.2, 0) is 0 Å². The standard InChI is InChI=1S/C20H21ClN2/c21-20-16(14-22-18-10-3-1-4-11-18)8-7-9-17(20)15-23-19-12-5-2-6-13-19/h1-6,10-16,20,23H,7-9H2/b17-15+,22-14-. The maximum atomic E-state index is 6.68. The van der Waals surface area contributed by atoms with E-state index in [1.807, 2.05) is 54.7 Å². The molecule has 1 fully saturated rings. The van der Waals surface area contributed by atoms with Gasteiger partial charge in [-0.25, -0.2) is 0 Å². The summed E-state index contributed by atoms with van der Waals surface area (Å²) < 4.78 is 0. The van der Waals surface area contributed by atoms with E-state index in [4.69, 9.17) is 11.6 Å². The summed E-state index contributed by atoms with van der Waals surface area (Å²) in [5.74, 6) is 0.287. The Morgan fingerprint density at radius 2 is 1.70 bits per heavy atom. The van der Waals surface area contributed by atoms with Gasteiger partial charge in [0.2, 0.25) is 0 Å². The van der Waals surface area contributed by atoms with Crippen LogP contribution in [0.1, 0.15) is 19.3 Å². The Morgan fingerprint density at radius 1 is 1.00 bits per heavy atom. The van der Waals surface area contributed by atoms with Crippen molar-refractivity contribution in [1.29, 1.82) is 0 Å². The number of nitrogens with zero attached hydrogens (tertiary/aromatic N) is 1. The van der Waals surface area contributed by atoms with Gasteiger partial charge in [0.15, 0.2) is 0 Å². The Kier molecular flexibility index (Phi) is 5.49. The second-order valence-corrected chi connectivity index (χ2v) is 6.27. The van der Waals surface area contributed by atoms with Crippen molar-refractivity contribution in [3.8, 4) is 0 Å². The number of allylic oxidation sites excluding steroid dienone is 1. The van der Waals surface area contributed by atoms with Gasteiger partial charge in [-0.1, -0.05) is 36.4 Å². The van der Waals surface area contributed by atoms with Crippen LogP contribution in [0.5, 0.6) is 0 Å². The topological polar surface area (TPSA) is 24.4 Å². The smallest absolute Gasteiger partial charge is 0.0639 e. The van der Waals surface area contributed by atoms with Gasteiger partial charge >= 0.3 is 0 Å². The molecule has 1 N–H and O–H groups in total. The van der Waals surface area contributed by atoms with Gasteiger partial charge in [0.1, 0.15) is 0 Å². The highest BCUT2D eigenvalue weighted by atomic mass is 35.5. The fraction of sp³-hybridized carbons (Fsp3) is 0.250. The molecule has 2 aromatic rings. The SMILES string of the molecule is ClC1/C(=C/Nc2ccccc2)CCCC1/C=N\c1ccccc1. The van der Waals surface area contributed by atoms with Crippen LogP contribution in [0, 0.1) is 5.92 Å². The first-order valence-electron chi connectivity index (χ1n) is 8.07. The van der Waals surface area contributed by atoms with Crippen molar-refractivity contribution in [1.82, 2.24) is 0 Å². The van der Waals surface area contributed by atoms with Gasteiger partial charge in [0.05, 0.1) is 11.1 Å². The summed E-state index contributed by atoms with van der Waals surface area (Å²) in [6.07, 6.45) is 7.37. The molecule has 3 heteroatoms. The molecule has 0 amide bonds. The first kappa shape index (κ1) is 15.8. The lowest BCUT2D eigenvalue weighted by atomic mass is 9.86. The maximum Gasteiger partial charge on any atom is 0.0639 e. The molecule has 1 saturated carbocycles. The van der Waals surface area contributed by atoms with E-state index in [0.29, 0.717) is 0 Å². The van der Waals surface area contributed by atoms with Crippen LogP contribution >= 0.6 is 11.6 Å². The van der Waals surface area contributed by atoms with Crippen molar-refractivity contribution in [3.63, 3.8) is 0 Å². The van der Waals surface area contributed by atoms with Crippen molar-refractivity contribution in [2.75, 3.05) is 5.32 Å². The molecule has 0 heterocycles. The van der Waals surface area contributed by atoms with E-state index in [-0.39, 0.29) is 11.3 Å². The highest BCUT2D eigenvalue weighted by molar-refractivity contribution is 6.23. The lowest BCUT2D eigenvalue weighted by Gasteiger charge is -2.27. The zero-order valence-electron chi connectivity index (χ0n) is 13.0. The quantitative estimate of drug-likeness (QED) is 0.558. The summed E-state index contributed by atoms with van der Waals surface area (Å²) in [6.45, 7) is 0. The summed E-state index contributed by atoms with van der Waals surface area (Å²) in [4.78, 5) is 4.58. The maximum absolute atomic E-state index is 6.68. The molecule has 0 radical (unpaired) electrons. The third-order valence-corrected chi connectivity index (χ3v) is 4.71. The van der Waals surface area contributed by atoms with E-state index >= 15 is 0 Å². The molecule has 2 atom stereocenters. The van der Waals surface area contributed by atoms with Crippen molar-refractivity contribution in [2.45, 2.75) is 24.6 Å². The molecule has 1 aliphatic rings. The second kappa shape index (κ2) is 7.98. The van der Waals surface area contributed by atoms with Gasteiger partial charge in [-0.15, -0.1) is 11.6 Å². The van der Waals surface area contributed by atoms with Crippen LogP contribution in [0.3, 0.4) is 0 Å². The van der Waals surface area contributed by atoms with E-state index in [2.05, 4.69) is 28.6 Å². The Balaban J connectivity index is 1.66. The highest BCUT2D eigenvalue weighted by Gasteiger charge is 2.25. The minimum absolute atomic E-state index is 0.00687. The molecule has 118 valence electrons. The molecule has 23 heavy (non-hydrogen) atoms. The van der Waals surface area contributed by atoms with Crippen LogP contribution in [-0.4, -0.2) is 11.6 Å². The molecule has 0 bridgehead atoms. The number of aliphatic imine (C=N–C) groups is 1. The minimum atomic E-state index is 0.00687. The third kappa shape index (κ3) is 4.46. The number of para-hydroxylation sites is 2. The van der Waals surface area contributed by atoms with Crippen molar-refractivity contribution in [3.05, 3.63) is 72.4 Å². The molecule has 0 aliphatic heterocycles. The molecule has 0 aromatic heterocycles. The number of anilines is 1. The number of hydrogen-bond acceptors (Lipinski definition) is 2. The summed E-state index contributed by atoms with van der Waals surface area (Å²) in [6, 6.07) is 20.2. The van der Waals surface area contributed by atoms with Crippen molar-refractivity contribution in [2.24, 2.45) is 10.9 Å². The van der Waals surface area contributed by atoms with E-state index in [1.165, 1.54) is 5.57 Å². The van der Waals surface area contributed by atoms with Gasteiger partial charge in [0, 0.05) is 24.0 Å². The molecular weight excluding hydrogens is 304 g/mol. The number of halogens is 1. The third-order valence-electron chi connectivity index (χ3n) is 4.10. The number of benzene rings is 2. The van der Waals surface area contributed by atoms with Crippen molar-refractivity contribution < 1.29 is 0 Å². The molecule has 0 spiro atoms. The Labute approximate surface area is 142 Å². The monoisotopic (exact) mass is 324 g/mol. The van der Waals surface area contributed by atoms with Crippen LogP contribution in [0.25, 0.3) is 0 Å². The summed E-state index contributed by atoms with van der Waals surface area (Å²) in [5.41, 5.74) is 3.32. The highest BCUT2D eigenvalue weighted by Crippen LogP contribution is 2.32. The lowest BCUT2D eigenvalue weighted by Crippen LogP contribution is -2.24. The minimum Gasteiger partial charge on any atom is -0.362 e. The van der Waals surface area contributed by atoms with Crippen LogP contribution in [0.4, 0.5) is 11.4 Å². The van der Waals surface area contributed by atoms with Crippen LogP contribution in [0.2, 0.25) is 0 Å². The van der Waals surface area contributed by atoms with E-state index in [0.717, 1.165) is 30.6 Å². The van der Waals surface area contributed by atoms with E-state index < -0.39 is 0 Å². The summed E-state index contributed by atoms with van der Waals surface area (Å²) in [7, 11) is 0. The van der Waals surface area contributed by atoms with Crippen molar-refractivity contribution >= 4 is 29.2 Å². The number of alkyl halides is 1. The van der Waals surface area contributed by atoms with Gasteiger partial charge in [0.25, 0.3) is 0 Å².